The van der Waals surface area contributed by atoms with E-state index in [9.17, 15) is 13.2 Å². The van der Waals surface area contributed by atoms with Crippen molar-refractivity contribution in [1.29, 1.82) is 0 Å². The Balaban J connectivity index is 0.00000220. The van der Waals surface area contributed by atoms with Crippen LogP contribution in [0.3, 0.4) is 0 Å². The van der Waals surface area contributed by atoms with Crippen LogP contribution in [0.5, 0.6) is 0 Å². The average molecular weight is 335 g/mol. The summed E-state index contributed by atoms with van der Waals surface area (Å²) >= 11 is 0. The summed E-state index contributed by atoms with van der Waals surface area (Å²) in [7, 11) is -1.62. The number of carbonyl (C=O) groups is 1. The maximum absolute atomic E-state index is 12.1. The highest BCUT2D eigenvalue weighted by atomic mass is 35.5. The molecule has 0 unspecified atom stereocenters. The lowest BCUT2D eigenvalue weighted by molar-refractivity contribution is -0.117. The van der Waals surface area contributed by atoms with E-state index in [1.807, 2.05) is 7.05 Å². The van der Waals surface area contributed by atoms with E-state index in [2.05, 4.69) is 15.0 Å². The van der Waals surface area contributed by atoms with Gasteiger partial charge in [0.2, 0.25) is 0 Å². The maximum Gasteiger partial charge on any atom is 0.256 e. The summed E-state index contributed by atoms with van der Waals surface area (Å²) < 4.78 is 26.8. The van der Waals surface area contributed by atoms with Crippen LogP contribution in [0.2, 0.25) is 0 Å². The number of nitrogens with zero attached hydrogens (tertiary/aromatic N) is 2. The number of amidine groups is 1. The summed E-state index contributed by atoms with van der Waals surface area (Å²) in [5.41, 5.74) is 0.292. The Kier molecular flexibility index (Phi) is 6.38. The summed E-state index contributed by atoms with van der Waals surface area (Å²) in [5, 5.41) is 5.75. The SMILES string of the molecule is CNCCCNC(=O)C1=CC=CN2CCS(=O)(=O)N=C12.Cl. The zero-order valence-corrected chi connectivity index (χ0v) is 13.3. The predicted octanol–water partition coefficient (Wildman–Crippen LogP) is -0.368. The molecule has 7 nitrogen and oxygen atoms in total. The molecule has 1 amide bonds. The number of hydrogen-bond donors (Lipinski definition) is 2. The van der Waals surface area contributed by atoms with Crippen molar-refractivity contribution in [2.75, 3.05) is 32.4 Å². The van der Waals surface area contributed by atoms with Gasteiger partial charge in [0.05, 0.1) is 11.3 Å². The van der Waals surface area contributed by atoms with Gasteiger partial charge in [-0.2, -0.15) is 0 Å². The third kappa shape index (κ3) is 4.55. The highest BCUT2D eigenvalue weighted by Gasteiger charge is 2.29. The van der Waals surface area contributed by atoms with E-state index in [1.165, 1.54) is 0 Å². The van der Waals surface area contributed by atoms with Crippen LogP contribution in [0.1, 0.15) is 6.42 Å². The predicted molar refractivity (Wildman–Crippen MR) is 84.0 cm³/mol. The van der Waals surface area contributed by atoms with Gasteiger partial charge in [0.1, 0.15) is 0 Å². The molecule has 0 fully saturated rings. The maximum atomic E-state index is 12.1. The van der Waals surface area contributed by atoms with Crippen LogP contribution in [0.4, 0.5) is 0 Å². The first-order valence-corrected chi connectivity index (χ1v) is 8.05. The lowest BCUT2D eigenvalue weighted by Gasteiger charge is -2.28. The molecule has 0 bridgehead atoms. The number of sulfonamides is 1. The molecular weight excluding hydrogens is 316 g/mol. The van der Waals surface area contributed by atoms with Gasteiger partial charge in [-0.25, -0.2) is 8.42 Å². The molecule has 21 heavy (non-hydrogen) atoms. The van der Waals surface area contributed by atoms with E-state index in [0.717, 1.165) is 13.0 Å². The van der Waals surface area contributed by atoms with Crippen LogP contribution in [0.25, 0.3) is 0 Å². The molecule has 118 valence electrons. The Labute approximate surface area is 130 Å². The van der Waals surface area contributed by atoms with Gasteiger partial charge in [0.15, 0.2) is 5.84 Å². The second-order valence-corrected chi connectivity index (χ2v) is 6.28. The minimum absolute atomic E-state index is 0. The molecule has 2 aliphatic rings. The van der Waals surface area contributed by atoms with Gasteiger partial charge >= 0.3 is 0 Å². The van der Waals surface area contributed by atoms with E-state index in [4.69, 9.17) is 0 Å². The summed E-state index contributed by atoms with van der Waals surface area (Å²) in [6.45, 7) is 1.66. The highest BCUT2D eigenvalue weighted by molar-refractivity contribution is 7.90. The van der Waals surface area contributed by atoms with Gasteiger partial charge in [-0.05, 0) is 32.2 Å². The third-order valence-corrected chi connectivity index (χ3v) is 4.14. The largest absolute Gasteiger partial charge is 0.352 e. The van der Waals surface area contributed by atoms with Crippen LogP contribution >= 0.6 is 12.4 Å². The van der Waals surface area contributed by atoms with Crippen molar-refractivity contribution < 1.29 is 13.2 Å². The zero-order valence-electron chi connectivity index (χ0n) is 11.7. The molecule has 0 aromatic carbocycles. The van der Waals surface area contributed by atoms with Crippen LogP contribution in [-0.4, -0.2) is 57.5 Å². The Morgan fingerprint density at radius 1 is 1.43 bits per heavy atom. The van der Waals surface area contributed by atoms with Crippen LogP contribution in [0, 0.1) is 0 Å². The van der Waals surface area contributed by atoms with Gasteiger partial charge in [-0.15, -0.1) is 16.8 Å². The molecule has 9 heteroatoms. The van der Waals surface area contributed by atoms with Crippen molar-refractivity contribution in [2.24, 2.45) is 4.40 Å². The standard InChI is InChI=1S/C12H18N4O3S.ClH/c1-13-5-3-6-14-12(17)10-4-2-7-16-8-9-20(18,19)15-11(10)16;/h2,4,7,13H,3,5-6,8-9H2,1H3,(H,14,17);1H. The Morgan fingerprint density at radius 2 is 2.19 bits per heavy atom. The minimum atomic E-state index is -3.47. The van der Waals surface area contributed by atoms with Gasteiger partial charge in [0, 0.05) is 19.3 Å². The topological polar surface area (TPSA) is 90.9 Å². The fourth-order valence-electron chi connectivity index (χ4n) is 1.96. The van der Waals surface area contributed by atoms with E-state index < -0.39 is 10.0 Å². The fraction of sp³-hybridized carbons (Fsp3) is 0.500. The van der Waals surface area contributed by atoms with Crippen molar-refractivity contribution in [3.63, 3.8) is 0 Å². The first kappa shape index (κ1) is 17.7. The minimum Gasteiger partial charge on any atom is -0.352 e. The number of fused-ring (bicyclic) bond motifs is 1. The molecule has 2 heterocycles. The molecular formula is C12H19ClN4O3S. The smallest absolute Gasteiger partial charge is 0.256 e. The molecule has 0 radical (unpaired) electrons. The van der Waals surface area contributed by atoms with E-state index in [1.54, 1.807) is 23.3 Å². The van der Waals surface area contributed by atoms with Crippen molar-refractivity contribution >= 4 is 34.2 Å². The van der Waals surface area contributed by atoms with Crippen LogP contribution in [0.15, 0.2) is 28.3 Å². The number of halogens is 1. The lowest BCUT2D eigenvalue weighted by atomic mass is 10.1. The van der Waals surface area contributed by atoms with Crippen molar-refractivity contribution in [1.82, 2.24) is 15.5 Å². The third-order valence-electron chi connectivity index (χ3n) is 2.99. The fourth-order valence-corrected chi connectivity index (χ4v) is 2.94. The van der Waals surface area contributed by atoms with Gasteiger partial charge in [0.25, 0.3) is 15.9 Å². The molecule has 2 aliphatic heterocycles. The summed E-state index contributed by atoms with van der Waals surface area (Å²) in [4.78, 5) is 13.8. The number of nitrogens with one attached hydrogen (secondary N) is 2. The molecule has 0 aliphatic carbocycles. The second kappa shape index (κ2) is 7.58. The second-order valence-electron chi connectivity index (χ2n) is 4.53. The first-order valence-electron chi connectivity index (χ1n) is 6.44. The Hall–Kier alpha value is -1.38. The number of carbonyl (C=O) groups excluding carboxylic acids is 1. The highest BCUT2D eigenvalue weighted by Crippen LogP contribution is 2.17. The number of hydrogen-bond acceptors (Lipinski definition) is 5. The number of rotatable bonds is 5. The molecule has 0 aromatic heterocycles. The molecule has 0 aromatic rings. The van der Waals surface area contributed by atoms with Crippen LogP contribution in [-0.2, 0) is 14.8 Å². The molecule has 2 rings (SSSR count). The van der Waals surface area contributed by atoms with E-state index in [0.29, 0.717) is 18.7 Å². The van der Waals surface area contributed by atoms with E-state index >= 15 is 0 Å². The normalized spacial score (nSPS) is 19.0. The van der Waals surface area contributed by atoms with Gasteiger partial charge in [-0.1, -0.05) is 0 Å². The molecule has 0 saturated carbocycles. The molecule has 0 spiro atoms. The molecule has 0 saturated heterocycles. The monoisotopic (exact) mass is 334 g/mol. The number of allylic oxidation sites excluding steroid dienone is 2. The van der Waals surface area contributed by atoms with E-state index in [-0.39, 0.29) is 29.9 Å². The summed E-state index contributed by atoms with van der Waals surface area (Å²) in [5.74, 6) is -0.117. The van der Waals surface area contributed by atoms with Crippen molar-refractivity contribution in [3.05, 3.63) is 23.9 Å². The number of amides is 1. The lowest BCUT2D eigenvalue weighted by Crippen LogP contribution is -2.42. The first-order chi connectivity index (χ1) is 9.53. The van der Waals surface area contributed by atoms with Crippen molar-refractivity contribution in [2.45, 2.75) is 6.42 Å². The summed E-state index contributed by atoms with van der Waals surface area (Å²) in [6, 6.07) is 0. The average Bonchev–Trinajstić information content (AvgIpc) is 2.42. The molecule has 0 atom stereocenters. The molecule has 2 N–H and O–H groups in total. The van der Waals surface area contributed by atoms with Gasteiger partial charge in [-0.3, -0.25) is 4.79 Å². The quantitative estimate of drug-likeness (QED) is 0.670. The zero-order chi connectivity index (χ0) is 14.6. The summed E-state index contributed by atoms with van der Waals surface area (Å²) in [6.07, 6.45) is 5.84. The Morgan fingerprint density at radius 3 is 2.90 bits per heavy atom. The van der Waals surface area contributed by atoms with Crippen molar-refractivity contribution in [3.8, 4) is 0 Å². The van der Waals surface area contributed by atoms with Crippen LogP contribution < -0.4 is 10.6 Å². The Bertz CT molecular complexity index is 583. The van der Waals surface area contributed by atoms with Gasteiger partial charge < -0.3 is 15.5 Å².